The number of oxazole rings is 1. The van der Waals surface area contributed by atoms with Gasteiger partial charge in [0.2, 0.25) is 5.65 Å². The highest BCUT2D eigenvalue weighted by molar-refractivity contribution is 5.76. The summed E-state index contributed by atoms with van der Waals surface area (Å²) in [5.41, 5.74) is 3.09. The van der Waals surface area contributed by atoms with Crippen LogP contribution < -0.4 is 10.2 Å². The van der Waals surface area contributed by atoms with Gasteiger partial charge in [-0.3, -0.25) is 4.90 Å². The molecule has 1 aromatic carbocycles. The van der Waals surface area contributed by atoms with Gasteiger partial charge >= 0.3 is 6.03 Å². The van der Waals surface area contributed by atoms with Crippen LogP contribution in [0.1, 0.15) is 32.3 Å². The van der Waals surface area contributed by atoms with Gasteiger partial charge in [0.05, 0.1) is 0 Å². The monoisotopic (exact) mass is 460 g/mol. The van der Waals surface area contributed by atoms with Crippen LogP contribution in [0.15, 0.2) is 53.1 Å². The zero-order valence-corrected chi connectivity index (χ0v) is 19.9. The first-order chi connectivity index (χ1) is 16.5. The predicted octanol–water partition coefficient (Wildman–Crippen LogP) is 3.50. The summed E-state index contributed by atoms with van der Waals surface area (Å²) in [7, 11) is 0. The molecule has 8 nitrogen and oxygen atoms in total. The maximum Gasteiger partial charge on any atom is 0.318 e. The Kier molecular flexibility index (Phi) is 5.21. The smallest absolute Gasteiger partial charge is 0.318 e. The number of piperazine rings is 1. The molecule has 0 bridgehead atoms. The largest absolute Gasteiger partial charge is 0.422 e. The van der Waals surface area contributed by atoms with Crippen molar-refractivity contribution >= 4 is 23.3 Å². The molecule has 0 radical (unpaired) electrons. The van der Waals surface area contributed by atoms with Crippen LogP contribution in [-0.2, 0) is 6.54 Å². The lowest BCUT2D eigenvalue weighted by Crippen LogP contribution is -2.68. The Balaban J connectivity index is 1.00. The van der Waals surface area contributed by atoms with Crippen molar-refractivity contribution in [2.45, 2.75) is 51.4 Å². The van der Waals surface area contributed by atoms with Crippen molar-refractivity contribution in [3.63, 3.8) is 0 Å². The molecular weight excluding hydrogens is 428 g/mol. The van der Waals surface area contributed by atoms with Crippen molar-refractivity contribution in [3.8, 4) is 0 Å². The third kappa shape index (κ3) is 3.90. The molecule has 34 heavy (non-hydrogen) atoms. The first-order valence-electron chi connectivity index (χ1n) is 12.3. The molecule has 4 heterocycles. The van der Waals surface area contributed by atoms with Crippen molar-refractivity contribution in [3.05, 3.63) is 54.2 Å². The zero-order chi connectivity index (χ0) is 23.3. The molecule has 2 saturated heterocycles. The number of aromatic nitrogens is 2. The van der Waals surface area contributed by atoms with Crippen LogP contribution in [0.2, 0.25) is 0 Å². The SMILES string of the molecule is C[C@@H]1CN(c2nc3ncccc3o2)C[C@H](C)N1C(=O)NC1CC2(C1)CN(Cc1ccccc1)C2. The van der Waals surface area contributed by atoms with Gasteiger partial charge in [-0.2, -0.15) is 4.98 Å². The number of amides is 2. The summed E-state index contributed by atoms with van der Waals surface area (Å²) in [6.45, 7) is 8.87. The first kappa shape index (κ1) is 21.4. The van der Waals surface area contributed by atoms with Crippen LogP contribution in [0, 0.1) is 5.41 Å². The van der Waals surface area contributed by atoms with E-state index in [0.29, 0.717) is 35.7 Å². The fraction of sp³-hybridized carbons (Fsp3) is 0.500. The Morgan fingerprint density at radius 3 is 2.53 bits per heavy atom. The molecule has 3 fully saturated rings. The molecule has 0 unspecified atom stereocenters. The van der Waals surface area contributed by atoms with E-state index in [4.69, 9.17) is 4.42 Å². The number of likely N-dealkylation sites (tertiary alicyclic amines) is 1. The van der Waals surface area contributed by atoms with Crippen molar-refractivity contribution in [2.75, 3.05) is 31.1 Å². The molecule has 8 heteroatoms. The maximum atomic E-state index is 13.2. The van der Waals surface area contributed by atoms with Gasteiger partial charge in [-0.05, 0) is 49.8 Å². The quantitative estimate of drug-likeness (QED) is 0.642. The highest BCUT2D eigenvalue weighted by Gasteiger charge is 2.52. The number of benzene rings is 1. The molecule has 6 rings (SSSR count). The van der Waals surface area contributed by atoms with E-state index in [1.807, 2.05) is 17.0 Å². The van der Waals surface area contributed by atoms with Gasteiger partial charge in [0.1, 0.15) is 0 Å². The van der Waals surface area contributed by atoms with Gasteiger partial charge < -0.3 is 19.5 Å². The van der Waals surface area contributed by atoms with Crippen LogP contribution in [0.25, 0.3) is 11.2 Å². The van der Waals surface area contributed by atoms with Gasteiger partial charge in [0.15, 0.2) is 5.58 Å². The molecule has 2 amide bonds. The second-order valence-corrected chi connectivity index (χ2v) is 10.5. The number of urea groups is 1. The standard InChI is InChI=1S/C26H32N6O2/c1-18-13-31(25-29-23-22(34-25)9-6-10-27-23)14-19(2)32(18)24(33)28-21-11-26(12-21)16-30(17-26)15-20-7-4-3-5-8-20/h3-10,18-19,21H,11-17H2,1-2H3,(H,28,33)/t18-,19+. The minimum Gasteiger partial charge on any atom is -0.422 e. The predicted molar refractivity (Wildman–Crippen MR) is 130 cm³/mol. The topological polar surface area (TPSA) is 77.7 Å². The van der Waals surface area contributed by atoms with Crippen LogP contribution in [-0.4, -0.2) is 70.1 Å². The Bertz CT molecular complexity index is 1120. The van der Waals surface area contributed by atoms with E-state index in [2.05, 4.69) is 69.3 Å². The van der Waals surface area contributed by atoms with E-state index in [-0.39, 0.29) is 24.2 Å². The second-order valence-electron chi connectivity index (χ2n) is 10.5. The van der Waals surface area contributed by atoms with Crippen molar-refractivity contribution < 1.29 is 9.21 Å². The molecule has 1 saturated carbocycles. The molecular formula is C26H32N6O2. The van der Waals surface area contributed by atoms with Crippen LogP contribution in [0.4, 0.5) is 10.8 Å². The van der Waals surface area contributed by atoms with Crippen LogP contribution in [0.5, 0.6) is 0 Å². The molecule has 1 spiro atoms. The summed E-state index contributed by atoms with van der Waals surface area (Å²) in [5, 5.41) is 3.31. The number of anilines is 1. The van der Waals surface area contributed by atoms with Gasteiger partial charge in [-0.15, -0.1) is 0 Å². The van der Waals surface area contributed by atoms with E-state index in [1.54, 1.807) is 6.20 Å². The van der Waals surface area contributed by atoms with E-state index in [1.165, 1.54) is 5.56 Å². The number of nitrogens with one attached hydrogen (secondary N) is 1. The van der Waals surface area contributed by atoms with E-state index in [0.717, 1.165) is 32.5 Å². The fourth-order valence-electron chi connectivity index (χ4n) is 6.22. The maximum absolute atomic E-state index is 13.2. The van der Waals surface area contributed by atoms with Crippen LogP contribution >= 0.6 is 0 Å². The number of pyridine rings is 1. The Morgan fingerprint density at radius 2 is 1.82 bits per heavy atom. The van der Waals surface area contributed by atoms with Gasteiger partial charge in [0, 0.05) is 57.0 Å². The molecule has 1 aliphatic carbocycles. The number of hydrogen-bond acceptors (Lipinski definition) is 6. The third-order valence-electron chi connectivity index (χ3n) is 7.63. The van der Waals surface area contributed by atoms with Crippen LogP contribution in [0.3, 0.4) is 0 Å². The Labute approximate surface area is 199 Å². The van der Waals surface area contributed by atoms with E-state index < -0.39 is 0 Å². The summed E-state index contributed by atoms with van der Waals surface area (Å²) >= 11 is 0. The minimum absolute atomic E-state index is 0.0548. The Hall–Kier alpha value is -3.13. The number of rotatable bonds is 4. The van der Waals surface area contributed by atoms with Gasteiger partial charge in [-0.1, -0.05) is 30.3 Å². The minimum atomic E-state index is 0.0548. The summed E-state index contributed by atoms with van der Waals surface area (Å²) < 4.78 is 5.91. The molecule has 2 aromatic heterocycles. The molecule has 2 aliphatic heterocycles. The molecule has 1 N–H and O–H groups in total. The van der Waals surface area contributed by atoms with Gasteiger partial charge in [-0.25, -0.2) is 9.78 Å². The first-order valence-corrected chi connectivity index (χ1v) is 12.3. The molecule has 2 atom stereocenters. The lowest BCUT2D eigenvalue weighted by Gasteiger charge is -2.59. The van der Waals surface area contributed by atoms with E-state index in [9.17, 15) is 4.79 Å². The van der Waals surface area contributed by atoms with Crippen molar-refractivity contribution in [1.82, 2.24) is 25.1 Å². The lowest BCUT2D eigenvalue weighted by atomic mass is 9.60. The zero-order valence-electron chi connectivity index (χ0n) is 19.9. The normalized spacial score (nSPS) is 24.8. The molecule has 3 aromatic rings. The summed E-state index contributed by atoms with van der Waals surface area (Å²) in [6, 6.07) is 15.4. The summed E-state index contributed by atoms with van der Waals surface area (Å²) in [5.74, 6) is 0. The average Bonchev–Trinajstić information content (AvgIpc) is 3.21. The number of carbonyl (C=O) groups excluding carboxylic acids is 1. The Morgan fingerprint density at radius 1 is 1.09 bits per heavy atom. The lowest BCUT2D eigenvalue weighted by molar-refractivity contribution is -0.0813. The average molecular weight is 461 g/mol. The fourth-order valence-corrected chi connectivity index (χ4v) is 6.22. The highest BCUT2D eigenvalue weighted by atomic mass is 16.4. The number of hydrogen-bond donors (Lipinski definition) is 1. The van der Waals surface area contributed by atoms with E-state index >= 15 is 0 Å². The van der Waals surface area contributed by atoms with Crippen molar-refractivity contribution in [1.29, 1.82) is 0 Å². The summed E-state index contributed by atoms with van der Waals surface area (Å²) in [4.78, 5) is 28.6. The number of fused-ring (bicyclic) bond motifs is 1. The molecule has 178 valence electrons. The molecule has 3 aliphatic rings. The number of nitrogens with zero attached hydrogens (tertiary/aromatic N) is 5. The highest BCUT2D eigenvalue weighted by Crippen LogP contribution is 2.48. The number of carbonyl (C=O) groups is 1. The summed E-state index contributed by atoms with van der Waals surface area (Å²) in [6.07, 6.45) is 3.89. The second kappa shape index (κ2) is 8.27. The third-order valence-corrected chi connectivity index (χ3v) is 7.63. The van der Waals surface area contributed by atoms with Crippen molar-refractivity contribution in [2.24, 2.45) is 5.41 Å². The van der Waals surface area contributed by atoms with Gasteiger partial charge in [0.25, 0.3) is 6.01 Å².